The number of aliphatic hydroxyl groups is 2. The normalized spacial score (nSPS) is 36.5. The van der Waals surface area contributed by atoms with E-state index in [1.165, 1.54) is 37.3 Å². The van der Waals surface area contributed by atoms with Crippen LogP contribution in [0.4, 0.5) is 0 Å². The van der Waals surface area contributed by atoms with Crippen LogP contribution >= 0.6 is 0 Å². The number of hydroxylamine groups is 1. The summed E-state index contributed by atoms with van der Waals surface area (Å²) in [6, 6.07) is 0. The van der Waals surface area contributed by atoms with Crippen LogP contribution in [0.1, 0.15) is 72.1 Å². The van der Waals surface area contributed by atoms with E-state index in [1.54, 1.807) is 11.6 Å². The predicted molar refractivity (Wildman–Crippen MR) is 122 cm³/mol. The average molecular weight is 430 g/mol. The van der Waals surface area contributed by atoms with Crippen molar-refractivity contribution in [3.8, 4) is 0 Å². The molecule has 5 heteroatoms. The molecular weight excluding hydrogens is 390 g/mol. The van der Waals surface area contributed by atoms with E-state index in [4.69, 9.17) is 5.21 Å². The van der Waals surface area contributed by atoms with Crippen molar-refractivity contribution in [2.45, 2.75) is 84.3 Å². The predicted octanol–water partition coefficient (Wildman–Crippen LogP) is 4.61. The second kappa shape index (κ2) is 10.3. The monoisotopic (exact) mass is 429 g/mol. The number of allylic oxidation sites excluding steroid dienone is 6. The van der Waals surface area contributed by atoms with E-state index < -0.39 is 18.1 Å². The summed E-state index contributed by atoms with van der Waals surface area (Å²) in [4.78, 5) is 11.2. The van der Waals surface area contributed by atoms with Crippen LogP contribution in [-0.4, -0.2) is 33.5 Å². The van der Waals surface area contributed by atoms with E-state index in [1.807, 2.05) is 6.92 Å². The summed E-state index contributed by atoms with van der Waals surface area (Å²) in [6.45, 7) is 6.74. The van der Waals surface area contributed by atoms with Crippen molar-refractivity contribution in [3.63, 3.8) is 0 Å². The zero-order valence-electron chi connectivity index (χ0n) is 19.2. The lowest BCUT2D eigenvalue weighted by Crippen LogP contribution is -2.35. The third-order valence-electron chi connectivity index (χ3n) is 7.88. The van der Waals surface area contributed by atoms with Gasteiger partial charge < -0.3 is 10.2 Å². The Bertz CT molecular complexity index is 768. The lowest BCUT2D eigenvalue weighted by Gasteiger charge is -2.44. The molecule has 0 heterocycles. The molecule has 3 aliphatic rings. The van der Waals surface area contributed by atoms with E-state index in [2.05, 4.69) is 32.1 Å². The van der Waals surface area contributed by atoms with Crippen LogP contribution in [0, 0.1) is 23.2 Å². The van der Waals surface area contributed by atoms with Gasteiger partial charge in [-0.25, -0.2) is 5.48 Å². The van der Waals surface area contributed by atoms with Gasteiger partial charge in [-0.15, -0.1) is 0 Å². The Morgan fingerprint density at radius 1 is 1.16 bits per heavy atom. The van der Waals surface area contributed by atoms with Crippen molar-refractivity contribution in [2.24, 2.45) is 23.2 Å². The SMILES string of the molecule is CC(C=CC(=O)NO)=C[C@@H](C)C1CCC2C(=CC=C3C[C@@H](O)C[C@H](O)C3)CCC[C@@]21C. The van der Waals surface area contributed by atoms with Gasteiger partial charge >= 0.3 is 0 Å². The summed E-state index contributed by atoms with van der Waals surface area (Å²) in [5, 5.41) is 28.6. The molecule has 3 aliphatic carbocycles. The van der Waals surface area contributed by atoms with E-state index in [9.17, 15) is 15.0 Å². The molecule has 4 N–H and O–H groups in total. The Morgan fingerprint density at radius 3 is 2.55 bits per heavy atom. The smallest absolute Gasteiger partial charge is 0.267 e. The third kappa shape index (κ3) is 5.76. The molecule has 172 valence electrons. The van der Waals surface area contributed by atoms with Gasteiger partial charge in [-0.2, -0.15) is 0 Å². The number of hydrogen-bond donors (Lipinski definition) is 4. The summed E-state index contributed by atoms with van der Waals surface area (Å²) in [5.74, 6) is 1.09. The molecule has 0 saturated heterocycles. The van der Waals surface area contributed by atoms with Gasteiger partial charge in [0, 0.05) is 6.08 Å². The molecule has 3 saturated carbocycles. The summed E-state index contributed by atoms with van der Waals surface area (Å²) >= 11 is 0. The summed E-state index contributed by atoms with van der Waals surface area (Å²) in [5.41, 5.74) is 5.63. The first-order valence-electron chi connectivity index (χ1n) is 11.8. The van der Waals surface area contributed by atoms with Gasteiger partial charge in [-0.3, -0.25) is 10.0 Å². The first-order chi connectivity index (χ1) is 14.7. The highest BCUT2D eigenvalue weighted by atomic mass is 16.5. The van der Waals surface area contributed by atoms with Crippen LogP contribution < -0.4 is 5.48 Å². The fourth-order valence-corrected chi connectivity index (χ4v) is 6.50. The van der Waals surface area contributed by atoms with Gasteiger partial charge in [-0.1, -0.05) is 54.9 Å². The molecule has 0 aliphatic heterocycles. The molecule has 0 bridgehead atoms. The number of fused-ring (bicyclic) bond motifs is 1. The first-order valence-corrected chi connectivity index (χ1v) is 11.8. The number of aliphatic hydroxyl groups excluding tert-OH is 2. The van der Waals surface area contributed by atoms with Gasteiger partial charge in [0.15, 0.2) is 0 Å². The van der Waals surface area contributed by atoms with Crippen molar-refractivity contribution in [3.05, 3.63) is 47.1 Å². The molecule has 0 aromatic carbocycles. The molecule has 1 amide bonds. The number of hydrogen-bond acceptors (Lipinski definition) is 4. The maximum absolute atomic E-state index is 11.2. The van der Waals surface area contributed by atoms with Crippen LogP contribution in [0.5, 0.6) is 0 Å². The van der Waals surface area contributed by atoms with E-state index in [0.29, 0.717) is 37.0 Å². The summed E-state index contributed by atoms with van der Waals surface area (Å²) < 4.78 is 0. The highest BCUT2D eigenvalue weighted by Gasteiger charge is 2.50. The number of amides is 1. The molecule has 3 rings (SSSR count). The van der Waals surface area contributed by atoms with Crippen LogP contribution in [-0.2, 0) is 4.79 Å². The second-order valence-electron chi connectivity index (χ2n) is 10.2. The number of nitrogens with one attached hydrogen (secondary N) is 1. The van der Waals surface area contributed by atoms with Gasteiger partial charge in [0.1, 0.15) is 0 Å². The minimum Gasteiger partial charge on any atom is -0.393 e. The average Bonchev–Trinajstić information content (AvgIpc) is 3.07. The molecule has 0 radical (unpaired) electrons. The fourth-order valence-electron chi connectivity index (χ4n) is 6.50. The van der Waals surface area contributed by atoms with Gasteiger partial charge in [-0.05, 0) is 81.5 Å². The molecule has 31 heavy (non-hydrogen) atoms. The summed E-state index contributed by atoms with van der Waals surface area (Å²) in [6.07, 6.45) is 16.8. The van der Waals surface area contributed by atoms with Crippen molar-refractivity contribution >= 4 is 5.91 Å². The second-order valence-corrected chi connectivity index (χ2v) is 10.2. The number of carbonyl (C=O) groups excluding carboxylic acids is 1. The van der Waals surface area contributed by atoms with Gasteiger partial charge in [0.05, 0.1) is 12.2 Å². The Labute approximate surface area is 186 Å². The third-order valence-corrected chi connectivity index (χ3v) is 7.88. The van der Waals surface area contributed by atoms with E-state index >= 15 is 0 Å². The topological polar surface area (TPSA) is 89.8 Å². The van der Waals surface area contributed by atoms with Crippen molar-refractivity contribution in [2.75, 3.05) is 0 Å². The molecule has 2 unspecified atom stereocenters. The van der Waals surface area contributed by atoms with Crippen LogP contribution in [0.3, 0.4) is 0 Å². The standard InChI is InChI=1S/C26H39NO4/c1-17(6-11-25(30)27-31)13-18(2)23-9-10-24-20(5-4-12-26(23,24)3)8-7-19-14-21(28)16-22(29)15-19/h6-8,11,13,18,21-24,28-29,31H,4-5,9-10,12,14-16H2,1-3H3,(H,27,30)/t18-,21-,22-,23?,24?,26-/m1/s1. The van der Waals surface area contributed by atoms with Crippen molar-refractivity contribution < 1.29 is 20.2 Å². The van der Waals surface area contributed by atoms with E-state index in [-0.39, 0.29) is 5.41 Å². The molecule has 0 aromatic rings. The summed E-state index contributed by atoms with van der Waals surface area (Å²) in [7, 11) is 0. The number of rotatable bonds is 5. The molecule has 0 spiro atoms. The zero-order chi connectivity index (χ0) is 22.6. The van der Waals surface area contributed by atoms with E-state index in [0.717, 1.165) is 17.6 Å². The Balaban J connectivity index is 1.73. The van der Waals surface area contributed by atoms with Gasteiger partial charge in [0.25, 0.3) is 5.91 Å². The molecule has 0 aromatic heterocycles. The highest BCUT2D eigenvalue weighted by Crippen LogP contribution is 2.59. The largest absolute Gasteiger partial charge is 0.393 e. The van der Waals surface area contributed by atoms with Crippen molar-refractivity contribution in [1.82, 2.24) is 5.48 Å². The quantitative estimate of drug-likeness (QED) is 0.222. The lowest BCUT2D eigenvalue weighted by molar-refractivity contribution is -0.124. The molecule has 6 atom stereocenters. The molecule has 3 fully saturated rings. The maximum Gasteiger partial charge on any atom is 0.267 e. The molecule has 5 nitrogen and oxygen atoms in total. The van der Waals surface area contributed by atoms with Crippen molar-refractivity contribution in [1.29, 1.82) is 0 Å². The Morgan fingerprint density at radius 2 is 1.87 bits per heavy atom. The first kappa shape index (κ1) is 24.0. The Kier molecular flexibility index (Phi) is 7.95. The fraction of sp³-hybridized carbons (Fsp3) is 0.654. The van der Waals surface area contributed by atoms with Crippen LogP contribution in [0.25, 0.3) is 0 Å². The number of carbonyl (C=O) groups is 1. The lowest BCUT2D eigenvalue weighted by atomic mass is 9.61. The Hall–Kier alpha value is -1.69. The van der Waals surface area contributed by atoms with Crippen LogP contribution in [0.2, 0.25) is 0 Å². The zero-order valence-corrected chi connectivity index (χ0v) is 19.2. The minimum absolute atomic E-state index is 0.274. The molecular formula is C26H39NO4. The van der Waals surface area contributed by atoms with Gasteiger partial charge in [0.2, 0.25) is 0 Å². The minimum atomic E-state index is -0.512. The highest BCUT2D eigenvalue weighted by molar-refractivity contribution is 5.86. The maximum atomic E-state index is 11.2. The van der Waals surface area contributed by atoms with Crippen LogP contribution in [0.15, 0.2) is 47.1 Å².